The third-order valence-corrected chi connectivity index (χ3v) is 4.30. The highest BCUT2D eigenvalue weighted by Gasteiger charge is 2.12. The van der Waals surface area contributed by atoms with E-state index in [0.29, 0.717) is 5.02 Å². The molecule has 0 fully saturated rings. The van der Waals surface area contributed by atoms with Gasteiger partial charge in [0.1, 0.15) is 5.82 Å². The Morgan fingerprint density at radius 1 is 1.00 bits per heavy atom. The molecule has 0 bridgehead atoms. The lowest BCUT2D eigenvalue weighted by Gasteiger charge is -2.21. The minimum atomic E-state index is 0.714. The minimum Gasteiger partial charge on any atom is -0.399 e. The van der Waals surface area contributed by atoms with Gasteiger partial charge in [-0.1, -0.05) is 23.7 Å². The van der Waals surface area contributed by atoms with Crippen LogP contribution in [0.1, 0.15) is 13.8 Å². The molecule has 0 aliphatic carbocycles. The number of halogens is 1. The first-order chi connectivity index (χ1) is 11.1. The van der Waals surface area contributed by atoms with E-state index in [1.807, 2.05) is 42.5 Å². The second kappa shape index (κ2) is 6.47. The van der Waals surface area contributed by atoms with Gasteiger partial charge in [-0.2, -0.15) is 0 Å². The van der Waals surface area contributed by atoms with Crippen molar-refractivity contribution in [3.8, 4) is 11.1 Å². The molecule has 3 nitrogen and oxygen atoms in total. The molecule has 118 valence electrons. The molecule has 0 unspecified atom stereocenters. The van der Waals surface area contributed by atoms with Crippen LogP contribution in [0.15, 0.2) is 48.5 Å². The highest BCUT2D eigenvalue weighted by molar-refractivity contribution is 6.31. The normalized spacial score (nSPS) is 10.9. The summed E-state index contributed by atoms with van der Waals surface area (Å²) >= 11 is 6.20. The molecule has 4 heteroatoms. The van der Waals surface area contributed by atoms with Crippen molar-refractivity contribution in [2.75, 3.05) is 23.7 Å². The van der Waals surface area contributed by atoms with E-state index in [1.54, 1.807) is 0 Å². The van der Waals surface area contributed by atoms with Gasteiger partial charge in [-0.3, -0.25) is 0 Å². The molecule has 3 rings (SSSR count). The number of hydrogen-bond acceptors (Lipinski definition) is 3. The van der Waals surface area contributed by atoms with Gasteiger partial charge in [0.2, 0.25) is 0 Å². The van der Waals surface area contributed by atoms with Crippen molar-refractivity contribution in [3.63, 3.8) is 0 Å². The van der Waals surface area contributed by atoms with Crippen molar-refractivity contribution in [1.29, 1.82) is 0 Å². The number of benzene rings is 2. The summed E-state index contributed by atoms with van der Waals surface area (Å²) in [6.45, 7) is 6.12. The second-order valence-corrected chi connectivity index (χ2v) is 5.92. The van der Waals surface area contributed by atoms with E-state index in [2.05, 4.69) is 24.8 Å². The van der Waals surface area contributed by atoms with Gasteiger partial charge in [0.05, 0.1) is 5.52 Å². The number of rotatable bonds is 4. The van der Waals surface area contributed by atoms with Gasteiger partial charge >= 0.3 is 0 Å². The van der Waals surface area contributed by atoms with Crippen molar-refractivity contribution in [2.24, 2.45) is 0 Å². The molecule has 2 N–H and O–H groups in total. The van der Waals surface area contributed by atoms with Crippen molar-refractivity contribution in [1.82, 2.24) is 4.98 Å². The number of pyridine rings is 1. The molecule has 3 aromatic rings. The fraction of sp³-hybridized carbons (Fsp3) is 0.211. The number of nitrogens with zero attached hydrogens (tertiary/aromatic N) is 2. The van der Waals surface area contributed by atoms with Crippen LogP contribution >= 0.6 is 11.6 Å². The molecule has 0 saturated carbocycles. The Kier molecular flexibility index (Phi) is 4.39. The smallest absolute Gasteiger partial charge is 0.129 e. The number of anilines is 2. The van der Waals surface area contributed by atoms with Crippen molar-refractivity contribution < 1.29 is 0 Å². The summed E-state index contributed by atoms with van der Waals surface area (Å²) in [5, 5.41) is 1.77. The molecule has 1 heterocycles. The van der Waals surface area contributed by atoms with Gasteiger partial charge in [0.15, 0.2) is 0 Å². The second-order valence-electron chi connectivity index (χ2n) is 5.48. The fourth-order valence-corrected chi connectivity index (χ4v) is 2.97. The number of fused-ring (bicyclic) bond motifs is 1. The Balaban J connectivity index is 2.27. The van der Waals surface area contributed by atoms with Crippen LogP contribution in [0.25, 0.3) is 22.0 Å². The summed E-state index contributed by atoms with van der Waals surface area (Å²) in [6.07, 6.45) is 0. The summed E-state index contributed by atoms with van der Waals surface area (Å²) < 4.78 is 0. The van der Waals surface area contributed by atoms with E-state index in [-0.39, 0.29) is 0 Å². The molecule has 23 heavy (non-hydrogen) atoms. The Hall–Kier alpha value is -2.26. The highest BCUT2D eigenvalue weighted by atomic mass is 35.5. The zero-order valence-electron chi connectivity index (χ0n) is 13.4. The third-order valence-electron chi connectivity index (χ3n) is 4.07. The first-order valence-electron chi connectivity index (χ1n) is 7.83. The monoisotopic (exact) mass is 325 g/mol. The molecule has 1 aromatic heterocycles. The van der Waals surface area contributed by atoms with Gasteiger partial charge in [0, 0.05) is 29.2 Å². The van der Waals surface area contributed by atoms with E-state index in [9.17, 15) is 0 Å². The predicted octanol–water partition coefficient (Wildman–Crippen LogP) is 4.98. The van der Waals surface area contributed by atoms with Crippen molar-refractivity contribution in [2.45, 2.75) is 13.8 Å². The highest BCUT2D eigenvalue weighted by Crippen LogP contribution is 2.33. The average Bonchev–Trinajstić information content (AvgIpc) is 2.56. The maximum atomic E-state index is 6.20. The van der Waals surface area contributed by atoms with Gasteiger partial charge in [-0.15, -0.1) is 0 Å². The number of nitrogen functional groups attached to an aromatic ring is 1. The number of nitrogens with two attached hydrogens (primary N) is 1. The van der Waals surface area contributed by atoms with Crippen LogP contribution < -0.4 is 10.6 Å². The summed E-state index contributed by atoms with van der Waals surface area (Å²) in [6, 6.07) is 15.9. The van der Waals surface area contributed by atoms with Gasteiger partial charge in [-0.05, 0) is 61.4 Å². The quantitative estimate of drug-likeness (QED) is 0.687. The predicted molar refractivity (Wildman–Crippen MR) is 100 cm³/mol. The molecule has 0 amide bonds. The lowest BCUT2D eigenvalue weighted by Crippen LogP contribution is -2.23. The number of hydrogen-bond donors (Lipinski definition) is 1. The first kappa shape index (κ1) is 15.6. The molecular formula is C19H20ClN3. The van der Waals surface area contributed by atoms with E-state index >= 15 is 0 Å². The lowest BCUT2D eigenvalue weighted by molar-refractivity contribution is 0.850. The lowest BCUT2D eigenvalue weighted by atomic mass is 10.0. The van der Waals surface area contributed by atoms with E-state index < -0.39 is 0 Å². The standard InChI is InChI=1S/C19H20ClN3/c1-3-23(4-2)19-12-16(13-5-8-15(21)9-6-13)17-11-14(20)7-10-18(17)22-19/h5-12H,3-4,21H2,1-2H3. The maximum absolute atomic E-state index is 6.20. The van der Waals surface area contributed by atoms with Gasteiger partial charge in [0.25, 0.3) is 0 Å². The topological polar surface area (TPSA) is 42.1 Å². The summed E-state index contributed by atoms with van der Waals surface area (Å²) in [5.41, 5.74) is 9.77. The molecule has 0 aliphatic rings. The van der Waals surface area contributed by atoms with E-state index in [0.717, 1.165) is 46.6 Å². The third kappa shape index (κ3) is 3.10. The van der Waals surface area contributed by atoms with E-state index in [4.69, 9.17) is 22.3 Å². The van der Waals surface area contributed by atoms with Gasteiger partial charge < -0.3 is 10.6 Å². The zero-order chi connectivity index (χ0) is 16.4. The Bertz CT molecular complexity index is 824. The summed E-state index contributed by atoms with van der Waals surface area (Å²) in [4.78, 5) is 7.05. The van der Waals surface area contributed by atoms with Crippen LogP contribution in [0.5, 0.6) is 0 Å². The molecule has 2 aromatic carbocycles. The fourth-order valence-electron chi connectivity index (χ4n) is 2.80. The van der Waals surface area contributed by atoms with Crippen molar-refractivity contribution >= 4 is 34.0 Å². The molecule has 0 spiro atoms. The van der Waals surface area contributed by atoms with Crippen LogP contribution in [-0.2, 0) is 0 Å². The first-order valence-corrected chi connectivity index (χ1v) is 8.21. The minimum absolute atomic E-state index is 0.714. The van der Waals surface area contributed by atoms with Gasteiger partial charge in [-0.25, -0.2) is 4.98 Å². The van der Waals surface area contributed by atoms with Crippen LogP contribution in [0.4, 0.5) is 11.5 Å². The van der Waals surface area contributed by atoms with Crippen LogP contribution in [-0.4, -0.2) is 18.1 Å². The SMILES string of the molecule is CCN(CC)c1cc(-c2ccc(N)cc2)c2cc(Cl)ccc2n1. The van der Waals surface area contributed by atoms with E-state index in [1.165, 1.54) is 0 Å². The van der Waals surface area contributed by atoms with Crippen LogP contribution in [0, 0.1) is 0 Å². The Labute approximate surface area is 141 Å². The number of aromatic nitrogens is 1. The summed E-state index contributed by atoms with van der Waals surface area (Å²) in [5.74, 6) is 0.983. The van der Waals surface area contributed by atoms with Crippen LogP contribution in [0.2, 0.25) is 5.02 Å². The largest absolute Gasteiger partial charge is 0.399 e. The molecule has 0 radical (unpaired) electrons. The molecule has 0 aliphatic heterocycles. The summed E-state index contributed by atoms with van der Waals surface area (Å²) in [7, 11) is 0. The molecule has 0 saturated heterocycles. The Morgan fingerprint density at radius 2 is 1.70 bits per heavy atom. The molecular weight excluding hydrogens is 306 g/mol. The average molecular weight is 326 g/mol. The van der Waals surface area contributed by atoms with Crippen molar-refractivity contribution in [3.05, 3.63) is 53.6 Å². The Morgan fingerprint density at radius 3 is 2.35 bits per heavy atom. The maximum Gasteiger partial charge on any atom is 0.129 e. The zero-order valence-corrected chi connectivity index (χ0v) is 14.1. The molecule has 0 atom stereocenters. The van der Waals surface area contributed by atoms with Crippen LogP contribution in [0.3, 0.4) is 0 Å².